The van der Waals surface area contributed by atoms with Gasteiger partial charge >= 0.3 is 0 Å². The minimum absolute atomic E-state index is 0.00411. The number of methoxy groups -OCH3 is 1. The molecule has 0 aliphatic heterocycles. The molecule has 1 aliphatic carbocycles. The molecule has 4 heteroatoms. The Hall–Kier alpha value is -1.39. The summed E-state index contributed by atoms with van der Waals surface area (Å²) < 4.78 is 5.05. The number of ether oxygens (including phenoxy) is 1. The molecular weight excluding hydrogens is 240 g/mol. The van der Waals surface area contributed by atoms with Gasteiger partial charge in [-0.25, -0.2) is 0 Å². The van der Waals surface area contributed by atoms with E-state index in [1.54, 1.807) is 7.11 Å². The Kier molecular flexibility index (Phi) is 4.93. The third kappa shape index (κ3) is 4.04. The molecule has 0 unspecified atom stereocenters. The van der Waals surface area contributed by atoms with Crippen molar-refractivity contribution in [3.8, 4) is 0 Å². The van der Waals surface area contributed by atoms with Crippen LogP contribution in [0.1, 0.15) is 41.6 Å². The van der Waals surface area contributed by atoms with E-state index in [1.165, 1.54) is 0 Å². The summed E-state index contributed by atoms with van der Waals surface area (Å²) in [6, 6.07) is 8.12. The van der Waals surface area contributed by atoms with E-state index in [-0.39, 0.29) is 11.9 Å². The van der Waals surface area contributed by atoms with Gasteiger partial charge in [0.05, 0.1) is 6.61 Å². The van der Waals surface area contributed by atoms with Crippen LogP contribution in [0.4, 0.5) is 0 Å². The summed E-state index contributed by atoms with van der Waals surface area (Å²) in [5.74, 6) is 0.00411. The highest BCUT2D eigenvalue weighted by molar-refractivity contribution is 5.94. The number of amides is 1. The summed E-state index contributed by atoms with van der Waals surface area (Å²) in [7, 11) is 1.66. The summed E-state index contributed by atoms with van der Waals surface area (Å²) in [5.41, 5.74) is 7.63. The largest absolute Gasteiger partial charge is 0.380 e. The minimum Gasteiger partial charge on any atom is -0.380 e. The highest BCUT2D eigenvalue weighted by Gasteiger charge is 2.20. The first-order valence-electron chi connectivity index (χ1n) is 6.83. The van der Waals surface area contributed by atoms with E-state index in [9.17, 15) is 4.79 Å². The van der Waals surface area contributed by atoms with Crippen molar-refractivity contribution >= 4 is 5.91 Å². The molecular formula is C15H22N2O2. The van der Waals surface area contributed by atoms with Crippen LogP contribution in [0.3, 0.4) is 0 Å². The molecule has 3 N–H and O–H groups in total. The Morgan fingerprint density at radius 1 is 1.26 bits per heavy atom. The van der Waals surface area contributed by atoms with Gasteiger partial charge in [0, 0.05) is 24.8 Å². The second-order valence-electron chi connectivity index (χ2n) is 5.22. The van der Waals surface area contributed by atoms with Crippen molar-refractivity contribution < 1.29 is 9.53 Å². The predicted octanol–water partition coefficient (Wildman–Crippen LogP) is 1.83. The van der Waals surface area contributed by atoms with Gasteiger partial charge in [-0.1, -0.05) is 12.1 Å². The Labute approximate surface area is 114 Å². The fourth-order valence-corrected chi connectivity index (χ4v) is 2.45. The van der Waals surface area contributed by atoms with Gasteiger partial charge in [-0.3, -0.25) is 4.79 Å². The molecule has 1 saturated carbocycles. The second-order valence-corrected chi connectivity index (χ2v) is 5.22. The smallest absolute Gasteiger partial charge is 0.251 e. The van der Waals surface area contributed by atoms with Crippen LogP contribution in [-0.4, -0.2) is 25.1 Å². The number of benzene rings is 1. The van der Waals surface area contributed by atoms with E-state index in [4.69, 9.17) is 10.5 Å². The van der Waals surface area contributed by atoms with Gasteiger partial charge in [-0.2, -0.15) is 0 Å². The maximum atomic E-state index is 12.1. The van der Waals surface area contributed by atoms with Gasteiger partial charge in [-0.15, -0.1) is 0 Å². The van der Waals surface area contributed by atoms with Crippen LogP contribution >= 0.6 is 0 Å². The van der Waals surface area contributed by atoms with E-state index in [0.717, 1.165) is 31.2 Å². The zero-order chi connectivity index (χ0) is 13.7. The van der Waals surface area contributed by atoms with Crippen molar-refractivity contribution in [2.24, 2.45) is 5.73 Å². The van der Waals surface area contributed by atoms with E-state index >= 15 is 0 Å². The van der Waals surface area contributed by atoms with Gasteiger partial charge in [-0.05, 0) is 43.4 Å². The lowest BCUT2D eigenvalue weighted by atomic mass is 9.91. The molecule has 4 nitrogen and oxygen atoms in total. The minimum atomic E-state index is 0.00411. The SMILES string of the molecule is COCc1ccc(C(=O)NC2CCC(N)CC2)cc1. The van der Waals surface area contributed by atoms with Crippen molar-refractivity contribution in [1.82, 2.24) is 5.32 Å². The molecule has 0 spiro atoms. The number of hydrogen-bond donors (Lipinski definition) is 2. The average molecular weight is 262 g/mol. The fourth-order valence-electron chi connectivity index (χ4n) is 2.45. The van der Waals surface area contributed by atoms with E-state index < -0.39 is 0 Å². The first-order chi connectivity index (χ1) is 9.19. The van der Waals surface area contributed by atoms with Gasteiger partial charge < -0.3 is 15.8 Å². The molecule has 0 saturated heterocycles. The molecule has 1 fully saturated rings. The maximum Gasteiger partial charge on any atom is 0.251 e. The summed E-state index contributed by atoms with van der Waals surface area (Å²) in [6.45, 7) is 0.572. The van der Waals surface area contributed by atoms with Crippen molar-refractivity contribution in [2.75, 3.05) is 7.11 Å². The first-order valence-corrected chi connectivity index (χ1v) is 6.83. The lowest BCUT2D eigenvalue weighted by Crippen LogP contribution is -2.40. The van der Waals surface area contributed by atoms with Crippen LogP contribution in [0.15, 0.2) is 24.3 Å². The van der Waals surface area contributed by atoms with Gasteiger partial charge in [0.25, 0.3) is 5.91 Å². The Bertz CT molecular complexity index is 409. The predicted molar refractivity (Wildman–Crippen MR) is 74.9 cm³/mol. The zero-order valence-electron chi connectivity index (χ0n) is 11.4. The standard InChI is InChI=1S/C15H22N2O2/c1-19-10-11-2-4-12(5-3-11)15(18)17-14-8-6-13(16)7-9-14/h2-5,13-14H,6-10,16H2,1H3,(H,17,18). The highest BCUT2D eigenvalue weighted by atomic mass is 16.5. The van der Waals surface area contributed by atoms with Gasteiger partial charge in [0.1, 0.15) is 0 Å². The van der Waals surface area contributed by atoms with E-state index in [2.05, 4.69) is 5.32 Å². The molecule has 1 amide bonds. The number of carbonyl (C=O) groups is 1. The normalized spacial score (nSPS) is 23.1. The third-order valence-electron chi connectivity index (χ3n) is 3.63. The summed E-state index contributed by atoms with van der Waals surface area (Å²) in [5, 5.41) is 3.08. The quantitative estimate of drug-likeness (QED) is 0.870. The maximum absolute atomic E-state index is 12.1. The molecule has 0 radical (unpaired) electrons. The van der Waals surface area contributed by atoms with Crippen molar-refractivity contribution in [1.29, 1.82) is 0 Å². The topological polar surface area (TPSA) is 64.3 Å². The summed E-state index contributed by atoms with van der Waals surface area (Å²) in [6.07, 6.45) is 3.96. The van der Waals surface area contributed by atoms with Gasteiger partial charge in [0.2, 0.25) is 0 Å². The lowest BCUT2D eigenvalue weighted by Gasteiger charge is -2.26. The lowest BCUT2D eigenvalue weighted by molar-refractivity contribution is 0.0926. The summed E-state index contributed by atoms with van der Waals surface area (Å²) in [4.78, 5) is 12.1. The van der Waals surface area contributed by atoms with Crippen LogP contribution in [0.2, 0.25) is 0 Å². The fraction of sp³-hybridized carbons (Fsp3) is 0.533. The van der Waals surface area contributed by atoms with Crippen LogP contribution in [0.5, 0.6) is 0 Å². The van der Waals surface area contributed by atoms with Crippen molar-refractivity contribution in [3.63, 3.8) is 0 Å². The molecule has 19 heavy (non-hydrogen) atoms. The zero-order valence-corrected chi connectivity index (χ0v) is 11.4. The number of hydrogen-bond acceptors (Lipinski definition) is 3. The Morgan fingerprint density at radius 2 is 1.89 bits per heavy atom. The molecule has 0 aromatic heterocycles. The van der Waals surface area contributed by atoms with Crippen LogP contribution < -0.4 is 11.1 Å². The van der Waals surface area contributed by atoms with Crippen LogP contribution in [0.25, 0.3) is 0 Å². The molecule has 1 aromatic rings. The van der Waals surface area contributed by atoms with Crippen LogP contribution in [0, 0.1) is 0 Å². The molecule has 0 heterocycles. The number of nitrogens with two attached hydrogens (primary N) is 1. The molecule has 104 valence electrons. The number of rotatable bonds is 4. The van der Waals surface area contributed by atoms with Crippen molar-refractivity contribution in [3.05, 3.63) is 35.4 Å². The molecule has 1 aliphatic rings. The monoisotopic (exact) mass is 262 g/mol. The van der Waals surface area contributed by atoms with Crippen LogP contribution in [-0.2, 0) is 11.3 Å². The molecule has 2 rings (SSSR count). The average Bonchev–Trinajstić information content (AvgIpc) is 2.42. The van der Waals surface area contributed by atoms with E-state index in [0.29, 0.717) is 18.2 Å². The van der Waals surface area contributed by atoms with Gasteiger partial charge in [0.15, 0.2) is 0 Å². The molecule has 0 bridgehead atoms. The van der Waals surface area contributed by atoms with E-state index in [1.807, 2.05) is 24.3 Å². The van der Waals surface area contributed by atoms with Crippen molar-refractivity contribution in [2.45, 2.75) is 44.4 Å². The number of nitrogens with one attached hydrogen (secondary N) is 1. The Morgan fingerprint density at radius 3 is 2.47 bits per heavy atom. The highest BCUT2D eigenvalue weighted by Crippen LogP contribution is 2.17. The molecule has 0 atom stereocenters. The Balaban J connectivity index is 1.88. The third-order valence-corrected chi connectivity index (χ3v) is 3.63. The first kappa shape index (κ1) is 14.0. The summed E-state index contributed by atoms with van der Waals surface area (Å²) >= 11 is 0. The molecule has 1 aromatic carbocycles. The second kappa shape index (κ2) is 6.68. The number of carbonyl (C=O) groups excluding carboxylic acids is 1.